The Morgan fingerprint density at radius 3 is 1.81 bits per heavy atom. The fourth-order valence-electron chi connectivity index (χ4n) is 2.32. The van der Waals surface area contributed by atoms with Crippen molar-refractivity contribution >= 4 is 5.91 Å². The summed E-state index contributed by atoms with van der Waals surface area (Å²) in [5, 5.41) is 2.90. The number of rotatable bonds is 14. The van der Waals surface area contributed by atoms with E-state index in [-0.39, 0.29) is 5.91 Å². The molecule has 0 aliphatic rings. The number of hydrogen-bond acceptors (Lipinski definition) is 2. The molecule has 0 radical (unpaired) electrons. The average molecular weight is 296 g/mol. The third kappa shape index (κ3) is 12.6. The van der Waals surface area contributed by atoms with Gasteiger partial charge in [-0.2, -0.15) is 0 Å². The van der Waals surface area contributed by atoms with Crippen LogP contribution >= 0.6 is 0 Å². The van der Waals surface area contributed by atoms with E-state index in [2.05, 4.69) is 30.6 Å². The minimum absolute atomic E-state index is 0.0160. The van der Waals surface area contributed by atoms with Gasteiger partial charge < -0.3 is 10.2 Å². The molecule has 0 saturated carbocycles. The van der Waals surface area contributed by atoms with Gasteiger partial charge in [-0.25, -0.2) is 0 Å². The Morgan fingerprint density at radius 1 is 0.905 bits per heavy atom. The maximum atomic E-state index is 11.4. The van der Waals surface area contributed by atoms with Gasteiger partial charge in [0.2, 0.25) is 5.91 Å². The summed E-state index contributed by atoms with van der Waals surface area (Å²) in [6.07, 6.45) is 10.1. The molecule has 0 fully saturated rings. The van der Waals surface area contributed by atoms with Gasteiger partial charge in [0, 0.05) is 12.1 Å². The Morgan fingerprint density at radius 2 is 1.38 bits per heavy atom. The van der Waals surface area contributed by atoms with Crippen LogP contribution in [0.15, 0.2) is 12.2 Å². The first-order chi connectivity index (χ1) is 10.1. The molecule has 0 aromatic heterocycles. The second-order valence-corrected chi connectivity index (χ2v) is 6.00. The zero-order valence-electron chi connectivity index (χ0n) is 14.5. The molecule has 3 heteroatoms. The lowest BCUT2D eigenvalue weighted by atomic mass is 10.2. The first kappa shape index (κ1) is 20.2. The zero-order chi connectivity index (χ0) is 15.9. The lowest BCUT2D eigenvalue weighted by Crippen LogP contribution is -2.29. The molecule has 124 valence electrons. The molecule has 21 heavy (non-hydrogen) atoms. The third-order valence-electron chi connectivity index (χ3n) is 3.73. The maximum absolute atomic E-state index is 11.4. The molecule has 0 atom stereocenters. The van der Waals surface area contributed by atoms with Crippen LogP contribution < -0.4 is 5.32 Å². The first-order valence-electron chi connectivity index (χ1n) is 8.77. The Balaban J connectivity index is 3.77. The van der Waals surface area contributed by atoms with Gasteiger partial charge in [0.15, 0.2) is 0 Å². The molecular formula is C18H36N2O. The van der Waals surface area contributed by atoms with Crippen molar-refractivity contribution in [1.29, 1.82) is 0 Å². The van der Waals surface area contributed by atoms with Crippen molar-refractivity contribution in [2.45, 2.75) is 72.1 Å². The summed E-state index contributed by atoms with van der Waals surface area (Å²) in [7, 11) is 0. The summed E-state index contributed by atoms with van der Waals surface area (Å²) >= 11 is 0. The number of unbranched alkanes of at least 4 members (excludes halogenated alkanes) is 5. The fourth-order valence-corrected chi connectivity index (χ4v) is 2.32. The van der Waals surface area contributed by atoms with Crippen molar-refractivity contribution < 1.29 is 4.79 Å². The van der Waals surface area contributed by atoms with Crippen molar-refractivity contribution in [3.8, 4) is 0 Å². The molecule has 0 unspecified atom stereocenters. The van der Waals surface area contributed by atoms with E-state index in [0.717, 1.165) is 25.9 Å². The molecule has 0 aliphatic carbocycles. The quantitative estimate of drug-likeness (QED) is 0.386. The van der Waals surface area contributed by atoms with E-state index in [1.165, 1.54) is 51.6 Å². The summed E-state index contributed by atoms with van der Waals surface area (Å²) in [5.74, 6) is -0.0160. The molecule has 0 rings (SSSR count). The van der Waals surface area contributed by atoms with E-state index in [4.69, 9.17) is 0 Å². The lowest BCUT2D eigenvalue weighted by Gasteiger charge is -2.22. The number of carbonyl (C=O) groups is 1. The van der Waals surface area contributed by atoms with E-state index >= 15 is 0 Å². The van der Waals surface area contributed by atoms with Gasteiger partial charge >= 0.3 is 0 Å². The maximum Gasteiger partial charge on any atom is 0.246 e. The van der Waals surface area contributed by atoms with Crippen molar-refractivity contribution in [3.05, 3.63) is 12.2 Å². The van der Waals surface area contributed by atoms with Crippen molar-refractivity contribution in [2.24, 2.45) is 0 Å². The number of hydrogen-bond donors (Lipinski definition) is 1. The summed E-state index contributed by atoms with van der Waals surface area (Å²) in [4.78, 5) is 14.0. The van der Waals surface area contributed by atoms with E-state index in [0.29, 0.717) is 5.57 Å². The van der Waals surface area contributed by atoms with Gasteiger partial charge in [0.1, 0.15) is 0 Å². The van der Waals surface area contributed by atoms with Crippen molar-refractivity contribution in [1.82, 2.24) is 10.2 Å². The van der Waals surface area contributed by atoms with Crippen LogP contribution in [0.2, 0.25) is 0 Å². The van der Waals surface area contributed by atoms with Crippen LogP contribution in [0, 0.1) is 0 Å². The molecule has 0 saturated heterocycles. The fraction of sp³-hybridized carbons (Fsp3) is 0.833. The van der Waals surface area contributed by atoms with Crippen LogP contribution in [-0.2, 0) is 4.79 Å². The number of nitrogens with zero attached hydrogens (tertiary/aromatic N) is 1. The molecule has 0 bridgehead atoms. The number of amides is 1. The minimum Gasteiger partial charge on any atom is -0.352 e. The summed E-state index contributed by atoms with van der Waals surface area (Å²) in [5.41, 5.74) is 0.593. The molecule has 1 amide bonds. The monoisotopic (exact) mass is 296 g/mol. The average Bonchev–Trinajstić information content (AvgIpc) is 2.46. The molecule has 0 aromatic rings. The standard InChI is InChI=1S/C18H36N2O/c1-5-7-10-14-20(15-11-8-6-2)16-12-9-13-19-18(21)17(3)4/h3,5-16H2,1-2,4H3,(H,19,21). The van der Waals surface area contributed by atoms with Gasteiger partial charge in [0.25, 0.3) is 0 Å². The normalized spacial score (nSPS) is 10.9. The molecule has 0 aromatic carbocycles. The zero-order valence-corrected chi connectivity index (χ0v) is 14.5. The summed E-state index contributed by atoms with van der Waals surface area (Å²) in [6.45, 7) is 14.3. The van der Waals surface area contributed by atoms with Gasteiger partial charge in [-0.05, 0) is 52.2 Å². The van der Waals surface area contributed by atoms with Gasteiger partial charge in [-0.1, -0.05) is 46.1 Å². The summed E-state index contributed by atoms with van der Waals surface area (Å²) in [6, 6.07) is 0. The Kier molecular flexibility index (Phi) is 13.6. The Hall–Kier alpha value is -0.830. The van der Waals surface area contributed by atoms with E-state index in [1.54, 1.807) is 6.92 Å². The lowest BCUT2D eigenvalue weighted by molar-refractivity contribution is -0.117. The predicted molar refractivity (Wildman–Crippen MR) is 92.5 cm³/mol. The SMILES string of the molecule is C=C(C)C(=O)NCCCCN(CCCCC)CCCCC. The smallest absolute Gasteiger partial charge is 0.246 e. The second kappa shape index (κ2) is 14.1. The van der Waals surface area contributed by atoms with Gasteiger partial charge in [-0.3, -0.25) is 4.79 Å². The van der Waals surface area contributed by atoms with E-state index in [1.807, 2.05) is 0 Å². The topological polar surface area (TPSA) is 32.3 Å². The second-order valence-electron chi connectivity index (χ2n) is 6.00. The Labute approximate surface area is 132 Å². The largest absolute Gasteiger partial charge is 0.352 e. The summed E-state index contributed by atoms with van der Waals surface area (Å²) < 4.78 is 0. The molecule has 3 nitrogen and oxygen atoms in total. The van der Waals surface area contributed by atoms with Gasteiger partial charge in [-0.15, -0.1) is 0 Å². The van der Waals surface area contributed by atoms with Crippen LogP contribution in [0.4, 0.5) is 0 Å². The highest BCUT2D eigenvalue weighted by atomic mass is 16.1. The first-order valence-corrected chi connectivity index (χ1v) is 8.77. The highest BCUT2D eigenvalue weighted by Gasteiger charge is 2.05. The predicted octanol–water partition coefficient (Wildman–Crippen LogP) is 4.14. The van der Waals surface area contributed by atoms with Crippen LogP contribution in [0.3, 0.4) is 0 Å². The number of nitrogens with one attached hydrogen (secondary N) is 1. The van der Waals surface area contributed by atoms with Crippen LogP contribution in [0.1, 0.15) is 72.1 Å². The van der Waals surface area contributed by atoms with E-state index < -0.39 is 0 Å². The van der Waals surface area contributed by atoms with E-state index in [9.17, 15) is 4.79 Å². The third-order valence-corrected chi connectivity index (χ3v) is 3.73. The van der Waals surface area contributed by atoms with Crippen LogP contribution in [0.5, 0.6) is 0 Å². The van der Waals surface area contributed by atoms with Gasteiger partial charge in [0.05, 0.1) is 0 Å². The van der Waals surface area contributed by atoms with Crippen LogP contribution in [-0.4, -0.2) is 37.0 Å². The molecule has 1 N–H and O–H groups in total. The Bertz CT molecular complexity index is 266. The van der Waals surface area contributed by atoms with Crippen LogP contribution in [0.25, 0.3) is 0 Å². The highest BCUT2D eigenvalue weighted by Crippen LogP contribution is 2.04. The number of carbonyl (C=O) groups excluding carboxylic acids is 1. The molecule has 0 aliphatic heterocycles. The van der Waals surface area contributed by atoms with Crippen molar-refractivity contribution in [2.75, 3.05) is 26.2 Å². The molecule has 0 spiro atoms. The molecule has 0 heterocycles. The highest BCUT2D eigenvalue weighted by molar-refractivity contribution is 5.91. The molecular weight excluding hydrogens is 260 g/mol. The van der Waals surface area contributed by atoms with Crippen molar-refractivity contribution in [3.63, 3.8) is 0 Å². The minimum atomic E-state index is -0.0160.